The molecule has 1 aliphatic carbocycles. The molecule has 1 aliphatic heterocycles. The molecule has 1 saturated carbocycles. The molecule has 1 aromatic heterocycles. The van der Waals surface area contributed by atoms with E-state index in [1.807, 2.05) is 0 Å². The molecule has 3 amide bonds. The maximum Gasteiger partial charge on any atom is 0.272 e. The number of carbonyl (C=O) groups is 3. The fourth-order valence-corrected chi connectivity index (χ4v) is 5.33. The summed E-state index contributed by atoms with van der Waals surface area (Å²) in [7, 11) is 1.46. The predicted molar refractivity (Wildman–Crippen MR) is 117 cm³/mol. The zero-order valence-electron chi connectivity index (χ0n) is 17.7. The molecule has 8 nitrogen and oxygen atoms in total. The van der Waals surface area contributed by atoms with E-state index in [2.05, 4.69) is 10.3 Å². The summed E-state index contributed by atoms with van der Waals surface area (Å²) in [6.45, 7) is 0.540. The number of rotatable bonds is 4. The quantitative estimate of drug-likeness (QED) is 0.728. The second-order valence-corrected chi connectivity index (χ2v) is 8.87. The molecule has 10 heteroatoms. The monoisotopic (exact) mass is 461 g/mol. The van der Waals surface area contributed by atoms with Gasteiger partial charge >= 0.3 is 0 Å². The highest BCUT2D eigenvalue weighted by atomic mass is 35.5. The molecule has 2 heterocycles. The number of carbonyl (C=O) groups excluding carboxylic acids is 3. The first-order valence-corrected chi connectivity index (χ1v) is 11.0. The minimum atomic E-state index is -0.716. The summed E-state index contributed by atoms with van der Waals surface area (Å²) in [5.74, 6) is -1.63. The highest BCUT2D eigenvalue weighted by Gasteiger charge is 2.47. The summed E-state index contributed by atoms with van der Waals surface area (Å²) in [6, 6.07) is 3.98. The van der Waals surface area contributed by atoms with E-state index >= 15 is 0 Å². The van der Waals surface area contributed by atoms with Crippen LogP contribution >= 0.6 is 11.6 Å². The molecule has 1 aromatic carbocycles. The standard InChI is InChI=1S/C22H25ClFN5O3/c1-26-20(31)17-18(19(25)30)29(12-27-17)14-5-8-22(9-6-14)7-2-10-28(21(22)32)16-4-3-13(24)11-15(16)23/h3-4,11-12,14H,2,5-10H2,1H3,(H2,25,30)(H,26,31). The minimum Gasteiger partial charge on any atom is -0.364 e. The Bertz CT molecular complexity index is 1080. The van der Waals surface area contributed by atoms with Crippen molar-refractivity contribution in [2.24, 2.45) is 11.1 Å². The zero-order chi connectivity index (χ0) is 23.0. The van der Waals surface area contributed by atoms with E-state index in [4.69, 9.17) is 17.3 Å². The molecule has 0 radical (unpaired) electrons. The third-order valence-corrected chi connectivity index (χ3v) is 7.01. The number of imidazole rings is 1. The number of nitrogens with one attached hydrogen (secondary N) is 1. The van der Waals surface area contributed by atoms with Gasteiger partial charge in [-0.2, -0.15) is 0 Å². The minimum absolute atomic E-state index is 0.00233. The van der Waals surface area contributed by atoms with Crippen LogP contribution in [0.3, 0.4) is 0 Å². The first-order valence-electron chi connectivity index (χ1n) is 10.6. The van der Waals surface area contributed by atoms with Gasteiger partial charge in [0.15, 0.2) is 5.69 Å². The van der Waals surface area contributed by atoms with E-state index in [1.54, 1.807) is 15.5 Å². The summed E-state index contributed by atoms with van der Waals surface area (Å²) in [5.41, 5.74) is 5.64. The van der Waals surface area contributed by atoms with Crippen LogP contribution in [0.2, 0.25) is 5.02 Å². The number of amides is 3. The number of benzene rings is 1. The number of aromatic nitrogens is 2. The van der Waals surface area contributed by atoms with Gasteiger partial charge in [0.1, 0.15) is 11.5 Å². The molecule has 1 spiro atoms. The van der Waals surface area contributed by atoms with Crippen molar-refractivity contribution in [3.8, 4) is 0 Å². The van der Waals surface area contributed by atoms with Crippen LogP contribution in [0.25, 0.3) is 0 Å². The van der Waals surface area contributed by atoms with Crippen molar-refractivity contribution in [1.29, 1.82) is 0 Å². The van der Waals surface area contributed by atoms with Gasteiger partial charge in [-0.3, -0.25) is 14.4 Å². The van der Waals surface area contributed by atoms with E-state index in [1.165, 1.54) is 25.5 Å². The normalized spacial score (nSPS) is 23.4. The topological polar surface area (TPSA) is 110 Å². The predicted octanol–water partition coefficient (Wildman–Crippen LogP) is 3.06. The van der Waals surface area contributed by atoms with E-state index in [0.717, 1.165) is 12.8 Å². The van der Waals surface area contributed by atoms with Crippen LogP contribution in [0, 0.1) is 11.2 Å². The van der Waals surface area contributed by atoms with Gasteiger partial charge in [-0.1, -0.05) is 11.6 Å². The summed E-state index contributed by atoms with van der Waals surface area (Å²) in [5, 5.41) is 2.68. The van der Waals surface area contributed by atoms with Crippen LogP contribution in [-0.2, 0) is 4.79 Å². The molecule has 3 N–H and O–H groups in total. The summed E-state index contributed by atoms with van der Waals surface area (Å²) in [6.07, 6.45) is 5.59. The number of primary amides is 1. The smallest absolute Gasteiger partial charge is 0.272 e. The lowest BCUT2D eigenvalue weighted by atomic mass is 9.67. The molecule has 4 rings (SSSR count). The Morgan fingerprint density at radius 1 is 1.28 bits per heavy atom. The molecular weight excluding hydrogens is 437 g/mol. The van der Waals surface area contributed by atoms with Crippen LogP contribution < -0.4 is 16.0 Å². The molecular formula is C22H25ClFN5O3. The first-order chi connectivity index (χ1) is 15.3. The van der Waals surface area contributed by atoms with Crippen molar-refractivity contribution >= 4 is 35.0 Å². The summed E-state index contributed by atoms with van der Waals surface area (Å²) in [4.78, 5) is 43.4. The number of nitrogens with zero attached hydrogens (tertiary/aromatic N) is 3. The van der Waals surface area contributed by atoms with Crippen LogP contribution in [0.5, 0.6) is 0 Å². The molecule has 1 saturated heterocycles. The third kappa shape index (κ3) is 3.74. The number of halogens is 2. The molecule has 2 fully saturated rings. The number of hydrogen-bond acceptors (Lipinski definition) is 4. The number of piperidine rings is 1. The second-order valence-electron chi connectivity index (χ2n) is 8.46. The summed E-state index contributed by atoms with van der Waals surface area (Å²) >= 11 is 6.23. The van der Waals surface area contributed by atoms with Gasteiger partial charge in [0.25, 0.3) is 11.8 Å². The Morgan fingerprint density at radius 3 is 2.62 bits per heavy atom. The van der Waals surface area contributed by atoms with Crippen LogP contribution in [0.1, 0.15) is 65.5 Å². The molecule has 170 valence electrons. The Balaban J connectivity index is 1.55. The fourth-order valence-electron chi connectivity index (χ4n) is 5.06. The van der Waals surface area contributed by atoms with Crippen LogP contribution in [-0.4, -0.2) is 40.9 Å². The molecule has 32 heavy (non-hydrogen) atoms. The van der Waals surface area contributed by atoms with E-state index < -0.39 is 23.0 Å². The molecule has 2 aromatic rings. The zero-order valence-corrected chi connectivity index (χ0v) is 18.5. The maximum atomic E-state index is 13.5. The average Bonchev–Trinajstić information content (AvgIpc) is 3.22. The molecule has 0 bridgehead atoms. The van der Waals surface area contributed by atoms with Crippen LogP contribution in [0.15, 0.2) is 24.5 Å². The molecule has 2 aliphatic rings. The number of hydrogen-bond donors (Lipinski definition) is 2. The van der Waals surface area contributed by atoms with Crippen molar-refractivity contribution in [3.05, 3.63) is 46.8 Å². The van der Waals surface area contributed by atoms with Crippen molar-refractivity contribution in [3.63, 3.8) is 0 Å². The Kier molecular flexibility index (Phi) is 5.94. The van der Waals surface area contributed by atoms with Crippen LogP contribution in [0.4, 0.5) is 10.1 Å². The Hall–Kier alpha value is -2.94. The van der Waals surface area contributed by atoms with Gasteiger partial charge in [-0.05, 0) is 56.7 Å². The van der Waals surface area contributed by atoms with Crippen molar-refractivity contribution in [2.75, 3.05) is 18.5 Å². The summed E-state index contributed by atoms with van der Waals surface area (Å²) < 4.78 is 15.1. The largest absolute Gasteiger partial charge is 0.364 e. The van der Waals surface area contributed by atoms with E-state index in [9.17, 15) is 18.8 Å². The van der Waals surface area contributed by atoms with E-state index in [-0.39, 0.29) is 28.4 Å². The van der Waals surface area contributed by atoms with Crippen molar-refractivity contribution in [2.45, 2.75) is 44.6 Å². The maximum absolute atomic E-state index is 13.5. The lowest BCUT2D eigenvalue weighted by Gasteiger charge is -2.46. The number of nitrogens with two attached hydrogens (primary N) is 1. The van der Waals surface area contributed by atoms with Gasteiger partial charge in [0.2, 0.25) is 5.91 Å². The Labute approximate surface area is 189 Å². The van der Waals surface area contributed by atoms with E-state index in [0.29, 0.717) is 37.9 Å². The Morgan fingerprint density at radius 2 is 2.00 bits per heavy atom. The van der Waals surface area contributed by atoms with Gasteiger partial charge in [0, 0.05) is 25.0 Å². The number of anilines is 1. The van der Waals surface area contributed by atoms with Crippen molar-refractivity contribution < 1.29 is 18.8 Å². The first kappa shape index (κ1) is 22.3. The van der Waals surface area contributed by atoms with Gasteiger partial charge in [0.05, 0.1) is 17.0 Å². The SMILES string of the molecule is CNC(=O)c1ncn(C2CCC3(CCCN(c4ccc(F)cc4Cl)C3=O)CC2)c1C(N)=O. The van der Waals surface area contributed by atoms with Gasteiger partial charge in [-0.15, -0.1) is 0 Å². The lowest BCUT2D eigenvalue weighted by Crippen LogP contribution is -2.50. The van der Waals surface area contributed by atoms with Crippen molar-refractivity contribution in [1.82, 2.24) is 14.9 Å². The average molecular weight is 462 g/mol. The van der Waals surface area contributed by atoms with Gasteiger partial charge < -0.3 is 20.5 Å². The molecule has 0 unspecified atom stereocenters. The highest BCUT2D eigenvalue weighted by Crippen LogP contribution is 2.48. The van der Waals surface area contributed by atoms with Gasteiger partial charge in [-0.25, -0.2) is 9.37 Å². The molecule has 0 atom stereocenters. The second kappa shape index (κ2) is 8.54. The lowest BCUT2D eigenvalue weighted by molar-refractivity contribution is -0.133. The third-order valence-electron chi connectivity index (χ3n) is 6.71. The fraction of sp³-hybridized carbons (Fsp3) is 0.455. The highest BCUT2D eigenvalue weighted by molar-refractivity contribution is 6.33.